The van der Waals surface area contributed by atoms with Crippen LogP contribution in [0.4, 0.5) is 0 Å². The van der Waals surface area contributed by atoms with E-state index in [0.717, 1.165) is 32.9 Å². The first-order valence-electron chi connectivity index (χ1n) is 13.7. The van der Waals surface area contributed by atoms with Crippen LogP contribution in [0.1, 0.15) is 35.4 Å². The van der Waals surface area contributed by atoms with Gasteiger partial charge in [-0.1, -0.05) is 23.7 Å². The van der Waals surface area contributed by atoms with Gasteiger partial charge in [0.05, 0.1) is 48.4 Å². The van der Waals surface area contributed by atoms with Crippen LogP contribution < -0.4 is 0 Å². The smallest absolute Gasteiger partial charge is 0.234 e. The van der Waals surface area contributed by atoms with E-state index in [1.54, 1.807) is 36.8 Å². The second-order valence-corrected chi connectivity index (χ2v) is 12.2. The fourth-order valence-electron chi connectivity index (χ4n) is 6.49. The van der Waals surface area contributed by atoms with E-state index in [4.69, 9.17) is 21.1 Å². The molecule has 41 heavy (non-hydrogen) atoms. The summed E-state index contributed by atoms with van der Waals surface area (Å²) in [5.41, 5.74) is 4.81. The zero-order valence-electron chi connectivity index (χ0n) is 22.7. The number of likely N-dealkylation sites (tertiary alicyclic amines) is 1. The minimum absolute atomic E-state index is 0.0874. The topological polar surface area (TPSA) is 89.0 Å². The molecule has 212 valence electrons. The Labute approximate surface area is 248 Å². The Morgan fingerprint density at radius 1 is 1.20 bits per heavy atom. The van der Waals surface area contributed by atoms with E-state index < -0.39 is 5.92 Å². The molecule has 1 N–H and O–H groups in total. The number of carbonyl (C=O) groups excluding carboxylic acids is 2. The second kappa shape index (κ2) is 11.9. The van der Waals surface area contributed by atoms with Crippen molar-refractivity contribution >= 4 is 46.4 Å². The van der Waals surface area contributed by atoms with Crippen molar-refractivity contribution in [1.82, 2.24) is 9.88 Å². The summed E-state index contributed by atoms with van der Waals surface area (Å²) in [6, 6.07) is 14.6. The van der Waals surface area contributed by atoms with Crippen LogP contribution in [0.25, 0.3) is 11.6 Å². The molecule has 0 radical (unpaired) electrons. The van der Waals surface area contributed by atoms with Gasteiger partial charge < -0.3 is 14.6 Å². The molecule has 0 unspecified atom stereocenters. The van der Waals surface area contributed by atoms with Gasteiger partial charge in [0, 0.05) is 24.1 Å². The maximum Gasteiger partial charge on any atom is 0.234 e. The monoisotopic (exact) mass is 590 g/mol. The van der Waals surface area contributed by atoms with Crippen molar-refractivity contribution in [2.24, 2.45) is 17.8 Å². The number of aromatic hydroxyl groups is 1. The number of phenolic OH excluding ortho intramolecular Hbond substituents is 1. The van der Waals surface area contributed by atoms with Gasteiger partial charge in [0.2, 0.25) is 11.8 Å². The summed E-state index contributed by atoms with van der Waals surface area (Å²) in [7, 11) is 1.66. The number of amides is 2. The van der Waals surface area contributed by atoms with Crippen LogP contribution >= 0.6 is 22.9 Å². The van der Waals surface area contributed by atoms with E-state index in [0.29, 0.717) is 44.0 Å². The Hall–Kier alpha value is -3.30. The molecule has 6 rings (SSSR count). The van der Waals surface area contributed by atoms with Crippen LogP contribution in [-0.4, -0.2) is 53.2 Å². The molecule has 2 aliphatic heterocycles. The SMILES string of the molecule is COCC1=C2[C@@H](CC/C(=C/c3ccc(O)cc3Cl)c3ccccn3)OC[C@@H]2[C@@H]2C(=O)N(Cc3cccs3)C(=O)[C@@H]2C1. The molecule has 4 heterocycles. The lowest BCUT2D eigenvalue weighted by Crippen LogP contribution is -2.35. The largest absolute Gasteiger partial charge is 0.508 e. The highest BCUT2D eigenvalue weighted by molar-refractivity contribution is 7.09. The highest BCUT2D eigenvalue weighted by atomic mass is 35.5. The zero-order valence-corrected chi connectivity index (χ0v) is 24.2. The third-order valence-corrected chi connectivity index (χ3v) is 9.48. The number of imide groups is 1. The maximum absolute atomic E-state index is 13.7. The Kier molecular flexibility index (Phi) is 8.08. The number of ether oxygens (including phenoxy) is 2. The highest BCUT2D eigenvalue weighted by Crippen LogP contribution is 2.50. The minimum Gasteiger partial charge on any atom is -0.508 e. The highest BCUT2D eigenvalue weighted by Gasteiger charge is 2.56. The molecule has 3 aliphatic rings. The van der Waals surface area contributed by atoms with Gasteiger partial charge in [-0.05, 0) is 89.4 Å². The van der Waals surface area contributed by atoms with Gasteiger partial charge >= 0.3 is 0 Å². The fourth-order valence-corrected chi connectivity index (χ4v) is 7.42. The van der Waals surface area contributed by atoms with Crippen molar-refractivity contribution < 1.29 is 24.2 Å². The molecule has 2 fully saturated rings. The number of carbonyl (C=O) groups is 2. The third kappa shape index (κ3) is 5.49. The molecule has 2 saturated heterocycles. The number of nitrogens with zero attached hydrogens (tertiary/aromatic N) is 2. The van der Waals surface area contributed by atoms with Gasteiger partial charge in [0.15, 0.2) is 0 Å². The number of halogens is 1. The summed E-state index contributed by atoms with van der Waals surface area (Å²) in [5, 5.41) is 12.2. The molecule has 0 bridgehead atoms. The molecule has 1 aromatic carbocycles. The van der Waals surface area contributed by atoms with Crippen molar-refractivity contribution in [3.63, 3.8) is 0 Å². The summed E-state index contributed by atoms with van der Waals surface area (Å²) in [6.45, 7) is 1.15. The summed E-state index contributed by atoms with van der Waals surface area (Å²) < 4.78 is 12.0. The molecule has 2 aromatic heterocycles. The van der Waals surface area contributed by atoms with Gasteiger partial charge in [-0.3, -0.25) is 19.5 Å². The van der Waals surface area contributed by atoms with Gasteiger partial charge in [0.1, 0.15) is 5.75 Å². The molecule has 0 saturated carbocycles. The van der Waals surface area contributed by atoms with Gasteiger partial charge in [-0.15, -0.1) is 11.3 Å². The first-order valence-corrected chi connectivity index (χ1v) is 15.0. The normalized spacial score (nSPS) is 24.2. The molecule has 4 atom stereocenters. The van der Waals surface area contributed by atoms with Crippen LogP contribution in [0.15, 0.2) is 71.3 Å². The van der Waals surface area contributed by atoms with E-state index in [-0.39, 0.29) is 35.5 Å². The Bertz CT molecular complexity index is 1500. The molecule has 0 spiro atoms. The molecular weight excluding hydrogens is 560 g/mol. The number of hydrogen-bond acceptors (Lipinski definition) is 7. The Balaban J connectivity index is 1.27. The standard InChI is InChI=1S/C32H31ClN2O5S/c1-39-17-21-14-24-30(32(38)35(31(24)37)16-23-5-4-12-41-23)25-18-40-28(29(21)25)10-8-20(27-6-2-3-11-34-27)13-19-7-9-22(36)15-26(19)33/h2-7,9,11-13,15,24-25,28,30,36H,8,10,14,16-18H2,1H3/b20-13-/t24-,25+,28-,30-/m1/s1. The number of aromatic nitrogens is 1. The van der Waals surface area contributed by atoms with Crippen LogP contribution in [0.5, 0.6) is 5.75 Å². The van der Waals surface area contributed by atoms with Crippen LogP contribution in [-0.2, 0) is 25.6 Å². The Morgan fingerprint density at radius 3 is 2.80 bits per heavy atom. The summed E-state index contributed by atoms with van der Waals surface area (Å²) in [6.07, 6.45) is 5.41. The van der Waals surface area contributed by atoms with Crippen molar-refractivity contribution in [3.05, 3.63) is 92.4 Å². The lowest BCUT2D eigenvalue weighted by Gasteiger charge is -2.31. The first kappa shape index (κ1) is 27.8. The lowest BCUT2D eigenvalue weighted by molar-refractivity contribution is -0.140. The predicted molar refractivity (Wildman–Crippen MR) is 158 cm³/mol. The third-order valence-electron chi connectivity index (χ3n) is 8.30. The lowest BCUT2D eigenvalue weighted by atomic mass is 9.69. The van der Waals surface area contributed by atoms with Gasteiger partial charge in [-0.25, -0.2) is 0 Å². The summed E-state index contributed by atoms with van der Waals surface area (Å²) in [4.78, 5) is 34.1. The van der Waals surface area contributed by atoms with Gasteiger partial charge in [-0.2, -0.15) is 0 Å². The number of phenols is 1. The maximum atomic E-state index is 13.7. The molecule has 2 amide bonds. The fraction of sp³-hybridized carbons (Fsp3) is 0.344. The first-order chi connectivity index (χ1) is 19.9. The van der Waals surface area contributed by atoms with E-state index in [1.807, 2.05) is 41.8 Å². The van der Waals surface area contributed by atoms with Crippen LogP contribution in [0.2, 0.25) is 5.02 Å². The quantitative estimate of drug-likeness (QED) is 0.243. The molecule has 1 aliphatic carbocycles. The molecule has 3 aromatic rings. The van der Waals surface area contributed by atoms with E-state index in [9.17, 15) is 14.7 Å². The van der Waals surface area contributed by atoms with E-state index >= 15 is 0 Å². The van der Waals surface area contributed by atoms with Gasteiger partial charge in [0.25, 0.3) is 0 Å². The van der Waals surface area contributed by atoms with Crippen molar-refractivity contribution in [2.75, 3.05) is 20.3 Å². The Morgan fingerprint density at radius 2 is 2.07 bits per heavy atom. The average Bonchev–Trinajstić information content (AvgIpc) is 3.69. The number of hydrogen-bond donors (Lipinski definition) is 1. The van der Waals surface area contributed by atoms with Crippen LogP contribution in [0.3, 0.4) is 0 Å². The molecule has 7 nitrogen and oxygen atoms in total. The van der Waals surface area contributed by atoms with E-state index in [2.05, 4.69) is 4.98 Å². The number of allylic oxidation sites excluding steroid dienone is 1. The molecular formula is C32H31ClN2O5S. The second-order valence-electron chi connectivity index (χ2n) is 10.7. The number of fused-ring (bicyclic) bond motifs is 3. The van der Waals surface area contributed by atoms with Crippen LogP contribution in [0, 0.1) is 17.8 Å². The average molecular weight is 591 g/mol. The van der Waals surface area contributed by atoms with Crippen molar-refractivity contribution in [3.8, 4) is 5.75 Å². The number of methoxy groups -OCH3 is 1. The summed E-state index contributed by atoms with van der Waals surface area (Å²) >= 11 is 7.99. The number of benzene rings is 1. The predicted octanol–water partition coefficient (Wildman–Crippen LogP) is 5.99. The number of rotatable bonds is 9. The van der Waals surface area contributed by atoms with E-state index in [1.165, 1.54) is 11.0 Å². The number of pyridine rings is 1. The minimum atomic E-state index is -0.398. The van der Waals surface area contributed by atoms with Crippen molar-refractivity contribution in [1.29, 1.82) is 0 Å². The number of thiophene rings is 1. The van der Waals surface area contributed by atoms with Crippen molar-refractivity contribution in [2.45, 2.75) is 31.9 Å². The molecule has 9 heteroatoms. The zero-order chi connectivity index (χ0) is 28.5. The summed E-state index contributed by atoms with van der Waals surface area (Å²) in [5.74, 6) is -0.973.